The Labute approximate surface area is 117 Å². The number of carbonyl (C=O) groups is 1. The number of nitrogens with zero attached hydrogens (tertiary/aromatic N) is 3. The number of hydrogen-bond acceptors (Lipinski definition) is 4. The maximum absolute atomic E-state index is 12.4. The molecule has 0 unspecified atom stereocenters. The topological polar surface area (TPSA) is 59.2 Å². The van der Waals surface area contributed by atoms with Crippen molar-refractivity contribution in [2.24, 2.45) is 0 Å². The fraction of sp³-hybridized carbons (Fsp3) is 0.400. The van der Waals surface area contributed by atoms with Crippen molar-refractivity contribution in [3.63, 3.8) is 0 Å². The lowest BCUT2D eigenvalue weighted by atomic mass is 10.1. The van der Waals surface area contributed by atoms with Gasteiger partial charge in [0.15, 0.2) is 0 Å². The average molecular weight is 271 g/mol. The lowest BCUT2D eigenvalue weighted by Crippen LogP contribution is -2.36. The third-order valence-corrected chi connectivity index (χ3v) is 3.51. The molecule has 0 saturated carbocycles. The third-order valence-electron chi connectivity index (χ3n) is 3.51. The fourth-order valence-electron chi connectivity index (χ4n) is 2.54. The Balaban J connectivity index is 1.69. The van der Waals surface area contributed by atoms with Crippen molar-refractivity contribution in [3.05, 3.63) is 41.4 Å². The number of fused-ring (bicyclic) bond motifs is 1. The van der Waals surface area contributed by atoms with E-state index in [-0.39, 0.29) is 5.91 Å². The molecule has 5 nitrogen and oxygen atoms in total. The quantitative estimate of drug-likeness (QED) is 0.859. The number of amides is 1. The van der Waals surface area contributed by atoms with Crippen molar-refractivity contribution < 1.29 is 9.32 Å². The molecule has 0 atom stereocenters. The Bertz CT molecular complexity index is 621. The van der Waals surface area contributed by atoms with Crippen LogP contribution in [-0.4, -0.2) is 22.6 Å². The number of anilines is 1. The highest BCUT2D eigenvalue weighted by Gasteiger charge is 2.23. The van der Waals surface area contributed by atoms with E-state index in [0.29, 0.717) is 12.8 Å². The van der Waals surface area contributed by atoms with E-state index in [4.69, 9.17) is 4.52 Å². The molecular weight excluding hydrogens is 254 g/mol. The fourth-order valence-corrected chi connectivity index (χ4v) is 2.54. The van der Waals surface area contributed by atoms with Gasteiger partial charge in [-0.05, 0) is 31.4 Å². The molecule has 0 fully saturated rings. The second kappa shape index (κ2) is 5.45. The molecule has 2 aromatic rings. The molecule has 1 aliphatic heterocycles. The van der Waals surface area contributed by atoms with Crippen molar-refractivity contribution in [2.75, 3.05) is 11.4 Å². The summed E-state index contributed by atoms with van der Waals surface area (Å²) in [4.78, 5) is 18.5. The molecule has 3 rings (SSSR count). The molecular formula is C15H17N3O2. The summed E-state index contributed by atoms with van der Waals surface area (Å²) in [6.07, 6.45) is 4.73. The van der Waals surface area contributed by atoms with E-state index in [1.54, 1.807) is 11.1 Å². The number of rotatable bonds is 3. The van der Waals surface area contributed by atoms with Crippen LogP contribution in [0.2, 0.25) is 0 Å². The zero-order valence-electron chi connectivity index (χ0n) is 11.5. The zero-order chi connectivity index (χ0) is 13.9. The van der Waals surface area contributed by atoms with Gasteiger partial charge in [0.2, 0.25) is 5.91 Å². The van der Waals surface area contributed by atoms with E-state index in [1.807, 2.05) is 25.1 Å². The predicted octanol–water partition coefficient (Wildman–Crippen LogP) is 2.29. The minimum Gasteiger partial charge on any atom is -0.361 e. The molecule has 1 amide bonds. The summed E-state index contributed by atoms with van der Waals surface area (Å²) in [6, 6.07) is 5.83. The number of aryl methyl sites for hydroxylation is 3. The molecule has 0 bridgehead atoms. The lowest BCUT2D eigenvalue weighted by molar-refractivity contribution is -0.118. The normalized spacial score (nSPS) is 14.2. The second-order valence-corrected chi connectivity index (χ2v) is 5.07. The van der Waals surface area contributed by atoms with Gasteiger partial charge < -0.3 is 4.52 Å². The van der Waals surface area contributed by atoms with E-state index >= 15 is 0 Å². The minimum atomic E-state index is 0.0960. The van der Waals surface area contributed by atoms with Crippen LogP contribution in [0, 0.1) is 6.92 Å². The Hall–Kier alpha value is -2.17. The highest BCUT2D eigenvalue weighted by atomic mass is 16.5. The molecule has 0 N–H and O–H groups in total. The van der Waals surface area contributed by atoms with Gasteiger partial charge in [-0.3, -0.25) is 9.69 Å². The molecule has 104 valence electrons. The van der Waals surface area contributed by atoms with Crippen LogP contribution in [-0.2, 0) is 17.6 Å². The molecule has 0 saturated heterocycles. The SMILES string of the molecule is Cc1cc(CCC(=O)N2CCCc3cccnc32)on1. The molecule has 0 aromatic carbocycles. The Morgan fingerprint density at radius 2 is 2.40 bits per heavy atom. The first-order chi connectivity index (χ1) is 9.74. The van der Waals surface area contributed by atoms with Gasteiger partial charge in [-0.1, -0.05) is 11.2 Å². The van der Waals surface area contributed by atoms with Crippen LogP contribution >= 0.6 is 0 Å². The highest BCUT2D eigenvalue weighted by molar-refractivity contribution is 5.93. The van der Waals surface area contributed by atoms with Crippen LogP contribution in [0.4, 0.5) is 5.82 Å². The molecule has 1 aliphatic rings. The molecule has 3 heterocycles. The zero-order valence-corrected chi connectivity index (χ0v) is 11.5. The van der Waals surface area contributed by atoms with Crippen LogP contribution in [0.25, 0.3) is 0 Å². The number of hydrogen-bond donors (Lipinski definition) is 0. The van der Waals surface area contributed by atoms with Crippen LogP contribution in [0.3, 0.4) is 0 Å². The van der Waals surface area contributed by atoms with E-state index in [1.165, 1.54) is 0 Å². The van der Waals surface area contributed by atoms with Gasteiger partial charge in [0.1, 0.15) is 11.6 Å². The number of pyridine rings is 1. The first-order valence-corrected chi connectivity index (χ1v) is 6.90. The molecule has 0 radical (unpaired) electrons. The molecule has 0 spiro atoms. The highest BCUT2D eigenvalue weighted by Crippen LogP contribution is 2.25. The molecule has 0 aliphatic carbocycles. The standard InChI is InChI=1S/C15H17N3O2/c1-11-10-13(20-17-11)6-7-14(19)18-9-3-5-12-4-2-8-16-15(12)18/h2,4,8,10H,3,5-7,9H2,1H3. The van der Waals surface area contributed by atoms with Gasteiger partial charge in [0.25, 0.3) is 0 Å². The lowest BCUT2D eigenvalue weighted by Gasteiger charge is -2.28. The summed E-state index contributed by atoms with van der Waals surface area (Å²) in [6.45, 7) is 2.62. The van der Waals surface area contributed by atoms with Crippen molar-refractivity contribution in [1.82, 2.24) is 10.1 Å². The molecule has 5 heteroatoms. The smallest absolute Gasteiger partial charge is 0.228 e. The Kier molecular flexibility index (Phi) is 3.50. The van der Waals surface area contributed by atoms with E-state index < -0.39 is 0 Å². The van der Waals surface area contributed by atoms with Crippen LogP contribution in [0.5, 0.6) is 0 Å². The monoisotopic (exact) mass is 271 g/mol. The Morgan fingerprint density at radius 1 is 1.50 bits per heavy atom. The maximum Gasteiger partial charge on any atom is 0.228 e. The minimum absolute atomic E-state index is 0.0960. The van der Waals surface area contributed by atoms with E-state index in [9.17, 15) is 4.79 Å². The Morgan fingerprint density at radius 3 is 3.20 bits per heavy atom. The van der Waals surface area contributed by atoms with Gasteiger partial charge in [0, 0.05) is 31.6 Å². The summed E-state index contributed by atoms with van der Waals surface area (Å²) >= 11 is 0. The number of aromatic nitrogens is 2. The van der Waals surface area contributed by atoms with Crippen molar-refractivity contribution >= 4 is 11.7 Å². The van der Waals surface area contributed by atoms with E-state index in [2.05, 4.69) is 10.1 Å². The summed E-state index contributed by atoms with van der Waals surface area (Å²) in [5.41, 5.74) is 2.00. The van der Waals surface area contributed by atoms with Crippen molar-refractivity contribution in [2.45, 2.75) is 32.6 Å². The van der Waals surface area contributed by atoms with Gasteiger partial charge in [-0.15, -0.1) is 0 Å². The third kappa shape index (κ3) is 2.57. The van der Waals surface area contributed by atoms with Crippen LogP contribution in [0.1, 0.15) is 29.9 Å². The van der Waals surface area contributed by atoms with Crippen LogP contribution in [0.15, 0.2) is 28.9 Å². The van der Waals surface area contributed by atoms with Crippen LogP contribution < -0.4 is 4.90 Å². The molecule has 20 heavy (non-hydrogen) atoms. The largest absolute Gasteiger partial charge is 0.361 e. The molecule has 2 aromatic heterocycles. The first kappa shape index (κ1) is 12.8. The van der Waals surface area contributed by atoms with Gasteiger partial charge in [0.05, 0.1) is 5.69 Å². The number of carbonyl (C=O) groups excluding carboxylic acids is 1. The summed E-state index contributed by atoms with van der Waals surface area (Å²) < 4.78 is 5.14. The van der Waals surface area contributed by atoms with E-state index in [0.717, 1.165) is 42.2 Å². The van der Waals surface area contributed by atoms with Gasteiger partial charge in [-0.2, -0.15) is 0 Å². The summed E-state index contributed by atoms with van der Waals surface area (Å²) in [7, 11) is 0. The average Bonchev–Trinajstić information content (AvgIpc) is 2.90. The maximum atomic E-state index is 12.4. The second-order valence-electron chi connectivity index (χ2n) is 5.07. The first-order valence-electron chi connectivity index (χ1n) is 6.90. The van der Waals surface area contributed by atoms with Crippen molar-refractivity contribution in [3.8, 4) is 0 Å². The summed E-state index contributed by atoms with van der Waals surface area (Å²) in [5, 5.41) is 3.83. The van der Waals surface area contributed by atoms with Gasteiger partial charge >= 0.3 is 0 Å². The summed E-state index contributed by atoms with van der Waals surface area (Å²) in [5.74, 6) is 1.67. The van der Waals surface area contributed by atoms with Crippen molar-refractivity contribution in [1.29, 1.82) is 0 Å². The predicted molar refractivity (Wildman–Crippen MR) is 74.5 cm³/mol. The van der Waals surface area contributed by atoms with Gasteiger partial charge in [-0.25, -0.2) is 4.98 Å².